The molecule has 0 rings (SSSR count). The maximum Gasteiger partial charge on any atom is 2.00 e. The van der Waals surface area contributed by atoms with E-state index in [1.54, 1.807) is 0 Å². The molecule has 0 aromatic carbocycles. The van der Waals surface area contributed by atoms with Crippen LogP contribution in [0.3, 0.4) is 0 Å². The number of hydrogen-bond donors (Lipinski definition) is 2. The molecule has 0 aromatic rings. The molecule has 0 fully saturated rings. The average Bonchev–Trinajstić information content (AvgIpc) is 2.23. The van der Waals surface area contributed by atoms with Gasteiger partial charge in [0.15, 0.2) is 0 Å². The van der Waals surface area contributed by atoms with Crippen LogP contribution in [0.1, 0.15) is 22.1 Å². The van der Waals surface area contributed by atoms with Crippen LogP contribution in [0.15, 0.2) is 0 Å². The first-order valence-electron chi connectivity index (χ1n) is 5.39. The van der Waals surface area contributed by atoms with Crippen molar-refractivity contribution in [3.8, 4) is 0 Å². The van der Waals surface area contributed by atoms with Crippen molar-refractivity contribution in [3.05, 3.63) is 0 Å². The Morgan fingerprint density at radius 3 is 1.67 bits per heavy atom. The van der Waals surface area contributed by atoms with Gasteiger partial charge in [-0.3, -0.25) is 0 Å². The van der Waals surface area contributed by atoms with Crippen molar-refractivity contribution in [2.45, 2.75) is 30.8 Å². The maximum atomic E-state index is 10.7. The van der Waals surface area contributed by atoms with Gasteiger partial charge in [-0.25, -0.2) is 0 Å². The predicted molar refractivity (Wildman–Crippen MR) is 60.6 cm³/mol. The number of carboxylic acid groups (broad SMARTS) is 4. The molecule has 0 aliphatic rings. The van der Waals surface area contributed by atoms with Crippen LogP contribution in [0, 0.1) is 0 Å². The second-order valence-electron chi connectivity index (χ2n) is 4.16. The first-order chi connectivity index (χ1) is 9.09. The fourth-order valence-corrected chi connectivity index (χ4v) is 1.72. The molecule has 0 radical (unpaired) electrons. The third kappa shape index (κ3) is 8.44. The molecule has 3 N–H and O–H groups in total. The molecule has 114 valence electrons. The molecule has 21 heavy (non-hydrogen) atoms. The molecule has 1 unspecified atom stereocenters. The third-order valence-corrected chi connectivity index (χ3v) is 2.60. The molecule has 0 heterocycles. The summed E-state index contributed by atoms with van der Waals surface area (Å²) in [6, 6.07) is -1.55. The van der Waals surface area contributed by atoms with E-state index in [-0.39, 0.29) is 25.9 Å². The molecular formula is C10H14MgN2O8. The van der Waals surface area contributed by atoms with E-state index in [1.807, 2.05) is 0 Å². The smallest absolute Gasteiger partial charge is 0.550 e. The number of aliphatic carboxylic acids is 4. The van der Waals surface area contributed by atoms with Crippen molar-refractivity contribution in [1.82, 2.24) is 5.32 Å². The number of nitrogens with two attached hydrogens (primary N) is 1. The molecule has 0 aromatic heterocycles. The summed E-state index contributed by atoms with van der Waals surface area (Å²) in [7, 11) is 0. The van der Waals surface area contributed by atoms with Gasteiger partial charge in [0, 0.05) is 55.3 Å². The van der Waals surface area contributed by atoms with Gasteiger partial charge in [-0.1, -0.05) is 0 Å². The summed E-state index contributed by atoms with van der Waals surface area (Å²) in [5.41, 5.74) is 3.39. The van der Waals surface area contributed by atoms with Gasteiger partial charge in [0.25, 0.3) is 0 Å². The largest absolute Gasteiger partial charge is 2.00 e. The molecule has 0 amide bonds. The first-order valence-corrected chi connectivity index (χ1v) is 5.39. The summed E-state index contributed by atoms with van der Waals surface area (Å²) in [5.74, 6) is -6.81. The Balaban J connectivity index is -0.000000602. The van der Waals surface area contributed by atoms with E-state index in [0.29, 0.717) is 0 Å². The van der Waals surface area contributed by atoms with Crippen LogP contribution >= 0.6 is 0 Å². The second kappa shape index (κ2) is 9.49. The van der Waals surface area contributed by atoms with E-state index in [0.717, 1.165) is 0 Å². The second-order valence-corrected chi connectivity index (χ2v) is 4.16. The van der Waals surface area contributed by atoms with E-state index >= 15 is 0 Å². The van der Waals surface area contributed by atoms with Gasteiger partial charge >= 0.3 is 25.9 Å². The monoisotopic (exact) mass is 314 g/mol. The summed E-state index contributed by atoms with van der Waals surface area (Å²) in [6.45, 7) is -0.929. The SMILES string of the molecule is NC(CC(=O)[O-])C(CC(=O)[O-])(CC(=O)[O-])NCC(=O)[O-].[H+].[H+].[Mg+2]. The molecule has 0 aliphatic heterocycles. The van der Waals surface area contributed by atoms with Crippen LogP contribution in [0.2, 0.25) is 0 Å². The van der Waals surface area contributed by atoms with Gasteiger partial charge in [0.05, 0.1) is 5.97 Å². The number of carbonyl (C=O) groups is 4. The topological polar surface area (TPSA) is 199 Å². The van der Waals surface area contributed by atoms with Gasteiger partial charge in [-0.2, -0.15) is 0 Å². The number of carboxylic acids is 4. The Kier molecular flexibility index (Phi) is 9.88. The van der Waals surface area contributed by atoms with Crippen molar-refractivity contribution in [2.75, 3.05) is 6.54 Å². The van der Waals surface area contributed by atoms with Gasteiger partial charge in [0.1, 0.15) is 0 Å². The minimum absolute atomic E-state index is 0. The zero-order chi connectivity index (χ0) is 15.9. The van der Waals surface area contributed by atoms with Crippen molar-refractivity contribution in [1.29, 1.82) is 0 Å². The van der Waals surface area contributed by atoms with E-state index in [2.05, 4.69) is 5.32 Å². The molecule has 0 spiro atoms. The summed E-state index contributed by atoms with van der Waals surface area (Å²) in [5, 5.41) is 44.3. The summed E-state index contributed by atoms with van der Waals surface area (Å²) in [4.78, 5) is 42.3. The van der Waals surface area contributed by atoms with Gasteiger partial charge in [-0.05, 0) is 0 Å². The van der Waals surface area contributed by atoms with Crippen LogP contribution in [0.4, 0.5) is 0 Å². The number of carbonyl (C=O) groups excluding carboxylic acids is 4. The van der Waals surface area contributed by atoms with Crippen molar-refractivity contribution in [2.24, 2.45) is 5.73 Å². The summed E-state index contributed by atoms with van der Waals surface area (Å²) in [6.07, 6.45) is -2.94. The maximum absolute atomic E-state index is 10.7. The van der Waals surface area contributed by atoms with E-state index in [9.17, 15) is 39.6 Å². The van der Waals surface area contributed by atoms with Crippen LogP contribution < -0.4 is 31.5 Å². The number of rotatable bonds is 10. The van der Waals surface area contributed by atoms with Gasteiger partial charge in [0.2, 0.25) is 0 Å². The molecule has 10 nitrogen and oxygen atoms in total. The Hall–Kier alpha value is -1.43. The first kappa shape index (κ1) is 21.9. The Bertz CT molecular complexity index is 408. The van der Waals surface area contributed by atoms with Crippen molar-refractivity contribution >= 4 is 46.9 Å². The molecule has 11 heteroatoms. The predicted octanol–water partition coefficient (Wildman–Crippen LogP) is -7.34. The van der Waals surface area contributed by atoms with Crippen molar-refractivity contribution in [3.63, 3.8) is 0 Å². The quantitative estimate of drug-likeness (QED) is 0.365. The van der Waals surface area contributed by atoms with Crippen LogP contribution in [0.5, 0.6) is 0 Å². The van der Waals surface area contributed by atoms with Gasteiger partial charge in [-0.15, -0.1) is 0 Å². The molecule has 0 saturated heterocycles. The zero-order valence-electron chi connectivity index (χ0n) is 13.0. The molecular weight excluding hydrogens is 300 g/mol. The fraction of sp³-hybridized carbons (Fsp3) is 0.600. The summed E-state index contributed by atoms with van der Waals surface area (Å²) >= 11 is 0. The van der Waals surface area contributed by atoms with Crippen molar-refractivity contribution < 1.29 is 42.5 Å². The number of nitrogens with one attached hydrogen (secondary N) is 1. The van der Waals surface area contributed by atoms with E-state index in [4.69, 9.17) is 5.73 Å². The minimum Gasteiger partial charge on any atom is -0.550 e. The Morgan fingerprint density at radius 1 is 0.952 bits per heavy atom. The standard InChI is InChI=1S/C10H16N2O8.Mg/c11-5(1-6(13)14)10(2-7(15)16,3-8(17)18)12-4-9(19)20;/h5,12H,1-4,11H2,(H,13,14)(H,15,16)(H,17,18)(H,19,20);/q;+2/p-2. The van der Waals surface area contributed by atoms with Crippen LogP contribution in [-0.4, -0.2) is 65.1 Å². The van der Waals surface area contributed by atoms with E-state index < -0.39 is 61.3 Å². The number of hydrogen-bond acceptors (Lipinski definition) is 10. The Morgan fingerprint density at radius 2 is 1.38 bits per heavy atom. The van der Waals surface area contributed by atoms with Crippen LogP contribution in [0.25, 0.3) is 0 Å². The third-order valence-electron chi connectivity index (χ3n) is 2.60. The average molecular weight is 315 g/mol. The van der Waals surface area contributed by atoms with E-state index in [1.165, 1.54) is 0 Å². The molecule has 0 saturated carbocycles. The summed E-state index contributed by atoms with van der Waals surface area (Å²) < 4.78 is 0. The Labute approximate surface area is 138 Å². The normalized spacial score (nSPS) is 12.0. The minimum atomic E-state index is -2.07. The molecule has 1 atom stereocenters. The van der Waals surface area contributed by atoms with Gasteiger partial charge < -0.3 is 50.7 Å². The zero-order valence-corrected chi connectivity index (χ0v) is 12.4. The molecule has 0 aliphatic carbocycles. The fourth-order valence-electron chi connectivity index (χ4n) is 1.72. The van der Waals surface area contributed by atoms with Crippen LogP contribution in [-0.2, 0) is 19.2 Å². The molecule has 0 bridgehead atoms.